The van der Waals surface area contributed by atoms with Crippen molar-refractivity contribution in [3.63, 3.8) is 0 Å². The van der Waals surface area contributed by atoms with Gasteiger partial charge in [-0.25, -0.2) is 0 Å². The van der Waals surface area contributed by atoms with Gasteiger partial charge in [0.25, 0.3) is 0 Å². The van der Waals surface area contributed by atoms with Gasteiger partial charge in [-0.15, -0.1) is 11.6 Å². The summed E-state index contributed by atoms with van der Waals surface area (Å²) in [7, 11) is 1.76. The lowest BCUT2D eigenvalue weighted by Crippen LogP contribution is -2.44. The maximum absolute atomic E-state index is 6.19. The summed E-state index contributed by atoms with van der Waals surface area (Å²) in [5.74, 6) is 0.621. The zero-order valence-electron chi connectivity index (χ0n) is 9.50. The second-order valence-corrected chi connectivity index (χ2v) is 4.97. The molecule has 0 amide bonds. The van der Waals surface area contributed by atoms with E-state index in [1.807, 2.05) is 0 Å². The average Bonchev–Trinajstić information content (AvgIpc) is 2.18. The minimum Gasteiger partial charge on any atom is -0.385 e. The van der Waals surface area contributed by atoms with Gasteiger partial charge in [-0.1, -0.05) is 6.92 Å². The Morgan fingerprint density at radius 3 is 2.86 bits per heavy atom. The molecule has 0 aromatic heterocycles. The highest BCUT2D eigenvalue weighted by Crippen LogP contribution is 2.23. The third kappa shape index (κ3) is 3.41. The molecule has 14 heavy (non-hydrogen) atoms. The first-order valence-corrected chi connectivity index (χ1v) is 5.96. The van der Waals surface area contributed by atoms with Crippen LogP contribution in [0, 0.1) is 5.92 Å². The molecule has 84 valence electrons. The maximum atomic E-state index is 6.19. The molecule has 3 heteroatoms. The normalized spacial score (nSPS) is 31.7. The number of rotatable bonds is 4. The van der Waals surface area contributed by atoms with Crippen molar-refractivity contribution in [1.82, 2.24) is 4.90 Å². The monoisotopic (exact) mass is 219 g/mol. The summed E-state index contributed by atoms with van der Waals surface area (Å²) in [5.41, 5.74) is 0. The number of nitrogens with zero attached hydrogens (tertiary/aromatic N) is 1. The Morgan fingerprint density at radius 1 is 1.57 bits per heavy atom. The molecule has 0 aromatic rings. The van der Waals surface area contributed by atoms with Gasteiger partial charge in [-0.2, -0.15) is 0 Å². The van der Waals surface area contributed by atoms with Crippen LogP contribution in [0.25, 0.3) is 0 Å². The molecular formula is C11H22ClNO. The Hall–Kier alpha value is 0.210. The number of alkyl halides is 1. The Balaban J connectivity index is 2.30. The van der Waals surface area contributed by atoms with Gasteiger partial charge in [-0.05, 0) is 32.2 Å². The van der Waals surface area contributed by atoms with Crippen molar-refractivity contribution >= 4 is 11.6 Å². The lowest BCUT2D eigenvalue weighted by molar-refractivity contribution is 0.106. The molecule has 3 atom stereocenters. The molecule has 1 heterocycles. The van der Waals surface area contributed by atoms with Crippen molar-refractivity contribution < 1.29 is 4.74 Å². The summed E-state index contributed by atoms with van der Waals surface area (Å²) in [4.78, 5) is 2.53. The second kappa shape index (κ2) is 5.94. The van der Waals surface area contributed by atoms with Crippen LogP contribution in [0.1, 0.15) is 26.7 Å². The molecule has 1 fully saturated rings. The van der Waals surface area contributed by atoms with E-state index in [1.54, 1.807) is 7.11 Å². The third-order valence-corrected chi connectivity index (χ3v) is 3.84. The molecule has 1 rings (SSSR count). The highest BCUT2D eigenvalue weighted by Gasteiger charge is 2.26. The Labute approximate surface area is 92.6 Å². The highest BCUT2D eigenvalue weighted by molar-refractivity contribution is 6.20. The standard InChI is InChI=1S/C11H22ClNO/c1-9-8-13(6-4-11(9)12)10(2)5-7-14-3/h9-11H,4-8H2,1-3H3. The molecule has 0 radical (unpaired) electrons. The predicted molar refractivity (Wildman–Crippen MR) is 61.0 cm³/mol. The van der Waals surface area contributed by atoms with Crippen LogP contribution in [0.15, 0.2) is 0 Å². The van der Waals surface area contributed by atoms with Crippen molar-refractivity contribution in [2.24, 2.45) is 5.92 Å². The minimum atomic E-state index is 0.376. The van der Waals surface area contributed by atoms with E-state index in [2.05, 4.69) is 18.7 Å². The second-order valence-electron chi connectivity index (χ2n) is 4.41. The smallest absolute Gasteiger partial charge is 0.0477 e. The molecule has 0 saturated carbocycles. The minimum absolute atomic E-state index is 0.376. The van der Waals surface area contributed by atoms with Gasteiger partial charge in [-0.3, -0.25) is 0 Å². The Morgan fingerprint density at radius 2 is 2.29 bits per heavy atom. The number of ether oxygens (including phenoxy) is 1. The largest absolute Gasteiger partial charge is 0.385 e. The summed E-state index contributed by atoms with van der Waals surface area (Å²) in [6.45, 7) is 7.66. The van der Waals surface area contributed by atoms with Crippen LogP contribution in [-0.2, 0) is 4.74 Å². The van der Waals surface area contributed by atoms with E-state index in [-0.39, 0.29) is 0 Å². The van der Waals surface area contributed by atoms with Crippen LogP contribution in [0.3, 0.4) is 0 Å². The number of piperidine rings is 1. The van der Waals surface area contributed by atoms with Crippen LogP contribution in [0.2, 0.25) is 0 Å². The van der Waals surface area contributed by atoms with Gasteiger partial charge >= 0.3 is 0 Å². The molecule has 0 aliphatic carbocycles. The van der Waals surface area contributed by atoms with Gasteiger partial charge in [0.1, 0.15) is 0 Å². The summed E-state index contributed by atoms with van der Waals surface area (Å²) >= 11 is 6.19. The fraction of sp³-hybridized carbons (Fsp3) is 1.00. The lowest BCUT2D eigenvalue weighted by atomic mass is 9.98. The van der Waals surface area contributed by atoms with Crippen LogP contribution >= 0.6 is 11.6 Å². The van der Waals surface area contributed by atoms with Gasteiger partial charge in [0.05, 0.1) is 0 Å². The van der Waals surface area contributed by atoms with Crippen LogP contribution in [0.5, 0.6) is 0 Å². The number of methoxy groups -OCH3 is 1. The van der Waals surface area contributed by atoms with Gasteiger partial charge in [0.2, 0.25) is 0 Å². The van der Waals surface area contributed by atoms with E-state index in [1.165, 1.54) is 0 Å². The topological polar surface area (TPSA) is 12.5 Å². The van der Waals surface area contributed by atoms with E-state index in [0.717, 1.165) is 32.5 Å². The van der Waals surface area contributed by atoms with Gasteiger partial charge < -0.3 is 9.64 Å². The molecule has 0 spiro atoms. The van der Waals surface area contributed by atoms with Crippen molar-refractivity contribution in [1.29, 1.82) is 0 Å². The molecule has 2 nitrogen and oxygen atoms in total. The molecule has 0 aromatic carbocycles. The summed E-state index contributed by atoms with van der Waals surface area (Å²) in [6.07, 6.45) is 2.25. The SMILES string of the molecule is COCCC(C)N1CCC(Cl)C(C)C1. The predicted octanol–water partition coefficient (Wildman–Crippen LogP) is 2.36. The van der Waals surface area contributed by atoms with Gasteiger partial charge in [0.15, 0.2) is 0 Å². The fourth-order valence-corrected chi connectivity index (χ4v) is 2.20. The fourth-order valence-electron chi connectivity index (χ4n) is 2.02. The van der Waals surface area contributed by atoms with E-state index >= 15 is 0 Å². The van der Waals surface area contributed by atoms with Crippen LogP contribution < -0.4 is 0 Å². The van der Waals surface area contributed by atoms with Crippen LogP contribution in [0.4, 0.5) is 0 Å². The third-order valence-electron chi connectivity index (χ3n) is 3.20. The molecule has 3 unspecified atom stereocenters. The molecule has 1 aliphatic heterocycles. The highest BCUT2D eigenvalue weighted by atomic mass is 35.5. The first kappa shape index (κ1) is 12.3. The van der Waals surface area contributed by atoms with E-state index in [4.69, 9.17) is 16.3 Å². The molecular weight excluding hydrogens is 198 g/mol. The number of halogens is 1. The van der Waals surface area contributed by atoms with Gasteiger partial charge in [0, 0.05) is 31.7 Å². The molecule has 1 aliphatic rings. The molecule has 0 bridgehead atoms. The zero-order valence-corrected chi connectivity index (χ0v) is 10.3. The molecule has 0 N–H and O–H groups in total. The lowest BCUT2D eigenvalue weighted by Gasteiger charge is -2.37. The quantitative estimate of drug-likeness (QED) is 0.674. The van der Waals surface area contributed by atoms with E-state index in [0.29, 0.717) is 17.3 Å². The number of hydrogen-bond donors (Lipinski definition) is 0. The first-order valence-electron chi connectivity index (χ1n) is 5.52. The average molecular weight is 220 g/mol. The molecule has 1 saturated heterocycles. The van der Waals surface area contributed by atoms with Crippen molar-refractivity contribution in [2.45, 2.75) is 38.1 Å². The number of likely N-dealkylation sites (tertiary alicyclic amines) is 1. The van der Waals surface area contributed by atoms with Crippen molar-refractivity contribution in [3.8, 4) is 0 Å². The zero-order chi connectivity index (χ0) is 10.6. The Kier molecular flexibility index (Phi) is 5.21. The summed E-state index contributed by atoms with van der Waals surface area (Å²) in [5, 5.41) is 0.376. The summed E-state index contributed by atoms with van der Waals surface area (Å²) < 4.78 is 5.10. The number of hydrogen-bond acceptors (Lipinski definition) is 2. The first-order chi connectivity index (χ1) is 6.65. The Bertz CT molecular complexity index is 165. The van der Waals surface area contributed by atoms with Crippen molar-refractivity contribution in [2.75, 3.05) is 26.8 Å². The van der Waals surface area contributed by atoms with E-state index < -0.39 is 0 Å². The van der Waals surface area contributed by atoms with Crippen molar-refractivity contribution in [3.05, 3.63) is 0 Å². The maximum Gasteiger partial charge on any atom is 0.0477 e. The van der Waals surface area contributed by atoms with E-state index in [9.17, 15) is 0 Å². The van der Waals surface area contributed by atoms with Crippen LogP contribution in [-0.4, -0.2) is 43.1 Å². The summed E-state index contributed by atoms with van der Waals surface area (Å²) in [6, 6.07) is 0.626.